The average Bonchev–Trinajstić information content (AvgIpc) is 2.70. The quantitative estimate of drug-likeness (QED) is 0.596. The first-order valence-corrected chi connectivity index (χ1v) is 9.70. The van der Waals surface area contributed by atoms with Crippen molar-refractivity contribution in [3.63, 3.8) is 0 Å². The summed E-state index contributed by atoms with van der Waals surface area (Å²) in [6.45, 7) is 1.88. The largest absolute Gasteiger partial charge is 0.477 e. The Morgan fingerprint density at radius 1 is 1.28 bits per heavy atom. The molecule has 3 rings (SSSR count). The van der Waals surface area contributed by atoms with E-state index in [9.17, 15) is 24.2 Å². The van der Waals surface area contributed by atoms with Crippen LogP contribution in [-0.4, -0.2) is 27.4 Å². The number of carbonyl (C=O) groups is 1. The van der Waals surface area contributed by atoms with Gasteiger partial charge in [-0.05, 0) is 42.2 Å². The van der Waals surface area contributed by atoms with Crippen molar-refractivity contribution in [1.29, 1.82) is 0 Å². The van der Waals surface area contributed by atoms with Gasteiger partial charge in [-0.25, -0.2) is 9.18 Å². The number of carboxylic acid groups (broad SMARTS) is 1. The highest BCUT2D eigenvalue weighted by Crippen LogP contribution is 2.25. The van der Waals surface area contributed by atoms with Gasteiger partial charge in [-0.2, -0.15) is 0 Å². The van der Waals surface area contributed by atoms with Gasteiger partial charge in [0.2, 0.25) is 5.43 Å². The molecule has 152 valence electrons. The predicted octanol–water partition coefficient (Wildman–Crippen LogP) is 4.42. The van der Waals surface area contributed by atoms with E-state index in [1.807, 2.05) is 6.92 Å². The second-order valence-corrected chi connectivity index (χ2v) is 7.31. The summed E-state index contributed by atoms with van der Waals surface area (Å²) in [4.78, 5) is 24.4. The summed E-state index contributed by atoms with van der Waals surface area (Å²) >= 11 is 5.84. The maximum absolute atomic E-state index is 14.3. The van der Waals surface area contributed by atoms with Gasteiger partial charge in [0.15, 0.2) is 0 Å². The Balaban J connectivity index is 2.18. The van der Waals surface area contributed by atoms with Crippen molar-refractivity contribution in [2.75, 3.05) is 6.61 Å². The first-order valence-electron chi connectivity index (χ1n) is 9.32. The molecular weight excluding hydrogens is 397 g/mol. The fraction of sp³-hybridized carbons (Fsp3) is 0.273. The van der Waals surface area contributed by atoms with Crippen LogP contribution in [0, 0.1) is 5.82 Å². The third-order valence-electron chi connectivity index (χ3n) is 5.08. The summed E-state index contributed by atoms with van der Waals surface area (Å²) in [6.07, 6.45) is 2.65. The van der Waals surface area contributed by atoms with Crippen LogP contribution in [0.4, 0.5) is 4.39 Å². The van der Waals surface area contributed by atoms with Gasteiger partial charge in [-0.3, -0.25) is 4.79 Å². The van der Waals surface area contributed by atoms with Gasteiger partial charge >= 0.3 is 5.97 Å². The maximum atomic E-state index is 14.3. The van der Waals surface area contributed by atoms with Gasteiger partial charge in [-0.15, -0.1) is 0 Å². The number of nitrogens with zero attached hydrogens (tertiary/aromatic N) is 1. The van der Waals surface area contributed by atoms with Crippen molar-refractivity contribution < 1.29 is 19.4 Å². The van der Waals surface area contributed by atoms with Gasteiger partial charge in [0.25, 0.3) is 0 Å². The lowest BCUT2D eigenvalue weighted by Gasteiger charge is -2.21. The zero-order chi connectivity index (χ0) is 21.1. The van der Waals surface area contributed by atoms with Crippen LogP contribution in [0.3, 0.4) is 0 Å². The predicted molar refractivity (Wildman–Crippen MR) is 110 cm³/mol. The molecule has 3 aromatic rings. The number of hydrogen-bond acceptors (Lipinski definition) is 3. The highest BCUT2D eigenvalue weighted by atomic mass is 35.5. The number of pyridine rings is 1. The molecule has 1 aromatic heterocycles. The number of halogens is 2. The molecule has 0 saturated carbocycles. The zero-order valence-electron chi connectivity index (χ0n) is 15.9. The van der Waals surface area contributed by atoms with Crippen molar-refractivity contribution in [1.82, 2.24) is 4.57 Å². The van der Waals surface area contributed by atoms with E-state index in [4.69, 9.17) is 11.6 Å². The Kier molecular flexibility index (Phi) is 6.35. The van der Waals surface area contributed by atoms with E-state index in [0.29, 0.717) is 29.5 Å². The number of rotatable bonds is 7. The molecule has 0 aliphatic rings. The van der Waals surface area contributed by atoms with E-state index in [1.165, 1.54) is 12.3 Å². The molecule has 0 spiro atoms. The van der Waals surface area contributed by atoms with E-state index >= 15 is 0 Å². The van der Waals surface area contributed by atoms with Crippen molar-refractivity contribution in [3.8, 4) is 0 Å². The SMILES string of the molecule is CC[C@@H](CCO)n1cc(C(=O)O)c(=O)c2cc(Cc3cccc(Cl)c3F)ccc21. The third kappa shape index (κ3) is 4.18. The number of aliphatic hydroxyl groups excluding tert-OH is 1. The fourth-order valence-electron chi connectivity index (χ4n) is 3.56. The number of aromatic carboxylic acids is 1. The highest BCUT2D eigenvalue weighted by molar-refractivity contribution is 6.30. The van der Waals surface area contributed by atoms with Crippen LogP contribution in [-0.2, 0) is 6.42 Å². The Hall–Kier alpha value is -2.70. The Morgan fingerprint density at radius 3 is 2.69 bits per heavy atom. The molecule has 7 heteroatoms. The first kappa shape index (κ1) is 21.0. The molecule has 0 aliphatic carbocycles. The molecule has 1 heterocycles. The monoisotopic (exact) mass is 417 g/mol. The summed E-state index contributed by atoms with van der Waals surface area (Å²) in [5.41, 5.74) is 0.713. The second-order valence-electron chi connectivity index (χ2n) is 6.90. The summed E-state index contributed by atoms with van der Waals surface area (Å²) in [6, 6.07) is 9.70. The summed E-state index contributed by atoms with van der Waals surface area (Å²) in [5.74, 6) is -1.82. The maximum Gasteiger partial charge on any atom is 0.341 e. The smallest absolute Gasteiger partial charge is 0.341 e. The first-order chi connectivity index (χ1) is 13.9. The number of aliphatic hydroxyl groups is 1. The molecule has 2 aromatic carbocycles. The molecule has 0 fully saturated rings. The number of fused-ring (bicyclic) bond motifs is 1. The topological polar surface area (TPSA) is 79.5 Å². The van der Waals surface area contributed by atoms with Gasteiger partial charge in [0, 0.05) is 30.7 Å². The minimum Gasteiger partial charge on any atom is -0.477 e. The molecule has 0 radical (unpaired) electrons. The van der Waals surface area contributed by atoms with E-state index in [1.54, 1.807) is 34.9 Å². The highest BCUT2D eigenvalue weighted by Gasteiger charge is 2.19. The van der Waals surface area contributed by atoms with Gasteiger partial charge < -0.3 is 14.8 Å². The van der Waals surface area contributed by atoms with Crippen LogP contribution in [0.25, 0.3) is 10.9 Å². The molecule has 29 heavy (non-hydrogen) atoms. The molecule has 0 saturated heterocycles. The number of carboxylic acids is 1. The average molecular weight is 418 g/mol. The fourth-order valence-corrected chi connectivity index (χ4v) is 3.75. The lowest BCUT2D eigenvalue weighted by atomic mass is 10.0. The van der Waals surface area contributed by atoms with Gasteiger partial charge in [0.1, 0.15) is 11.4 Å². The molecular formula is C22H21ClFNO4. The van der Waals surface area contributed by atoms with Crippen LogP contribution in [0.1, 0.15) is 47.3 Å². The summed E-state index contributed by atoms with van der Waals surface area (Å²) < 4.78 is 16.0. The normalized spacial score (nSPS) is 12.3. The standard InChI is InChI=1S/C22H21ClFNO4/c1-2-15(8-9-26)25-12-17(22(28)29)21(27)16-11-13(6-7-19(16)25)10-14-4-3-5-18(23)20(14)24/h3-7,11-12,15,26H,2,8-10H2,1H3,(H,28,29)/t15-/m0/s1. The molecule has 0 aliphatic heterocycles. The van der Waals surface area contributed by atoms with Crippen molar-refractivity contribution >= 4 is 28.5 Å². The van der Waals surface area contributed by atoms with Crippen LogP contribution in [0.5, 0.6) is 0 Å². The van der Waals surface area contributed by atoms with Crippen LogP contribution >= 0.6 is 11.6 Å². The third-order valence-corrected chi connectivity index (χ3v) is 5.37. The van der Waals surface area contributed by atoms with Crippen molar-refractivity contribution in [2.45, 2.75) is 32.2 Å². The number of benzene rings is 2. The summed E-state index contributed by atoms with van der Waals surface area (Å²) in [5, 5.41) is 19.1. The van der Waals surface area contributed by atoms with Crippen LogP contribution in [0.15, 0.2) is 47.4 Å². The van der Waals surface area contributed by atoms with E-state index < -0.39 is 17.2 Å². The molecule has 2 N–H and O–H groups in total. The van der Waals surface area contributed by atoms with E-state index in [2.05, 4.69) is 0 Å². The lowest BCUT2D eigenvalue weighted by Crippen LogP contribution is -2.21. The van der Waals surface area contributed by atoms with Crippen LogP contribution < -0.4 is 5.43 Å². The lowest BCUT2D eigenvalue weighted by molar-refractivity contribution is 0.0694. The van der Waals surface area contributed by atoms with Gasteiger partial charge in [-0.1, -0.05) is 36.7 Å². The molecule has 0 amide bonds. The number of aromatic nitrogens is 1. The number of hydrogen-bond donors (Lipinski definition) is 2. The van der Waals surface area contributed by atoms with E-state index in [0.717, 1.165) is 0 Å². The van der Waals surface area contributed by atoms with Crippen molar-refractivity contribution in [3.05, 3.63) is 80.3 Å². The van der Waals surface area contributed by atoms with Crippen molar-refractivity contribution in [2.24, 2.45) is 0 Å². The Labute approximate surface area is 172 Å². The Morgan fingerprint density at radius 2 is 2.03 bits per heavy atom. The minimum absolute atomic E-state index is 0.0219. The molecule has 1 atom stereocenters. The van der Waals surface area contributed by atoms with Gasteiger partial charge in [0.05, 0.1) is 10.5 Å². The molecule has 5 nitrogen and oxygen atoms in total. The minimum atomic E-state index is -1.31. The molecule has 0 bridgehead atoms. The zero-order valence-corrected chi connectivity index (χ0v) is 16.6. The van der Waals surface area contributed by atoms with E-state index in [-0.39, 0.29) is 35.0 Å². The molecule has 0 unspecified atom stereocenters. The second kappa shape index (κ2) is 8.76. The Bertz CT molecular complexity index is 1130. The summed E-state index contributed by atoms with van der Waals surface area (Å²) in [7, 11) is 0. The van der Waals surface area contributed by atoms with Crippen LogP contribution in [0.2, 0.25) is 5.02 Å².